The van der Waals surface area contributed by atoms with Crippen LogP contribution in [0.25, 0.3) is 0 Å². The Morgan fingerprint density at radius 1 is 0.422 bits per heavy atom. The molecule has 3 nitrogen and oxygen atoms in total. The third-order valence-corrected chi connectivity index (χ3v) is 9.12. The zero-order valence-corrected chi connectivity index (χ0v) is 30.8. The van der Waals surface area contributed by atoms with Crippen LogP contribution in [-0.4, -0.2) is 57.1 Å². The van der Waals surface area contributed by atoms with Gasteiger partial charge in [-0.25, -0.2) is 0 Å². The van der Waals surface area contributed by atoms with Gasteiger partial charge in [-0.05, 0) is 77.0 Å². The van der Waals surface area contributed by atoms with Gasteiger partial charge < -0.3 is 14.0 Å². The monoisotopic (exact) mass is 629 g/mol. The maximum Gasteiger partial charge on any atom is 0.138 e. The van der Waals surface area contributed by atoms with Gasteiger partial charge in [0.2, 0.25) is 0 Å². The summed E-state index contributed by atoms with van der Waals surface area (Å²) in [6.07, 6.45) is 50.3. The number of hydrogen-bond donors (Lipinski definition) is 0. The molecule has 262 valence electrons. The van der Waals surface area contributed by atoms with Crippen LogP contribution < -0.4 is 0 Å². The lowest BCUT2D eigenvalue weighted by Crippen LogP contribution is -2.38. The number of nitrogens with zero attached hydrogens (tertiary/aromatic N) is 1. The Balaban J connectivity index is 1.96. The molecule has 0 aromatic heterocycles. The van der Waals surface area contributed by atoms with Crippen LogP contribution in [0.3, 0.4) is 0 Å². The Morgan fingerprint density at radius 3 is 1.09 bits per heavy atom. The van der Waals surface area contributed by atoms with Crippen molar-refractivity contribution in [3.8, 4) is 0 Å². The second kappa shape index (κ2) is 31.4. The highest BCUT2D eigenvalue weighted by Crippen LogP contribution is 2.22. The maximum absolute atomic E-state index is 6.39. The second-order valence-electron chi connectivity index (χ2n) is 14.3. The smallest absolute Gasteiger partial charge is 0.138 e. The number of likely N-dealkylation sites (N-methyl/N-ethyl adjacent to an activating group) is 1. The average Bonchev–Trinajstić information content (AvgIpc) is 3.32. The summed E-state index contributed by atoms with van der Waals surface area (Å²) in [7, 11) is 4.64. The summed E-state index contributed by atoms with van der Waals surface area (Å²) in [6, 6.07) is 0. The van der Waals surface area contributed by atoms with E-state index in [1.807, 2.05) is 0 Å². The topological polar surface area (TPSA) is 18.5 Å². The molecule has 0 aromatic rings. The lowest BCUT2D eigenvalue weighted by atomic mass is 10.1. The van der Waals surface area contributed by atoms with Crippen molar-refractivity contribution in [2.24, 2.45) is 0 Å². The van der Waals surface area contributed by atoms with Crippen LogP contribution in [-0.2, 0) is 9.47 Å². The van der Waals surface area contributed by atoms with Crippen molar-refractivity contribution in [2.75, 3.05) is 40.4 Å². The van der Waals surface area contributed by atoms with Gasteiger partial charge in [0.15, 0.2) is 0 Å². The molecule has 0 radical (unpaired) electrons. The zero-order chi connectivity index (χ0) is 32.5. The van der Waals surface area contributed by atoms with E-state index in [2.05, 4.69) is 76.6 Å². The van der Waals surface area contributed by atoms with Crippen LogP contribution >= 0.6 is 0 Å². The van der Waals surface area contributed by atoms with Crippen LogP contribution in [0.1, 0.15) is 168 Å². The summed E-state index contributed by atoms with van der Waals surface area (Å²) in [5.74, 6) is 0. The Hall–Kier alpha value is -1.16. The van der Waals surface area contributed by atoms with Crippen LogP contribution in [0.4, 0.5) is 0 Å². The highest BCUT2D eigenvalue weighted by atomic mass is 16.5. The predicted octanol–water partition coefficient (Wildman–Crippen LogP) is 12.5. The van der Waals surface area contributed by atoms with E-state index in [0.29, 0.717) is 0 Å². The summed E-state index contributed by atoms with van der Waals surface area (Å²) in [5.41, 5.74) is 0. The van der Waals surface area contributed by atoms with Crippen LogP contribution in [0, 0.1) is 0 Å². The molecule has 3 heteroatoms. The summed E-state index contributed by atoms with van der Waals surface area (Å²) < 4.78 is 13.8. The van der Waals surface area contributed by atoms with Gasteiger partial charge in [-0.1, -0.05) is 140 Å². The van der Waals surface area contributed by atoms with Gasteiger partial charge in [-0.3, -0.25) is 0 Å². The summed E-state index contributed by atoms with van der Waals surface area (Å²) in [4.78, 5) is 0. The maximum atomic E-state index is 6.39. The van der Waals surface area contributed by atoms with E-state index < -0.39 is 0 Å². The molecule has 1 rings (SSSR count). The van der Waals surface area contributed by atoms with E-state index in [-0.39, 0.29) is 12.2 Å². The van der Waals surface area contributed by atoms with Gasteiger partial charge in [0.1, 0.15) is 25.3 Å². The molecule has 0 saturated carbocycles. The van der Waals surface area contributed by atoms with Gasteiger partial charge in [0.25, 0.3) is 0 Å². The predicted molar refractivity (Wildman–Crippen MR) is 200 cm³/mol. The average molecular weight is 629 g/mol. The Bertz CT molecular complexity index is 677. The number of rotatable bonds is 32. The van der Waals surface area contributed by atoms with Gasteiger partial charge in [0.05, 0.1) is 14.1 Å². The lowest BCUT2D eigenvalue weighted by Gasteiger charge is -2.22. The van der Waals surface area contributed by atoms with Gasteiger partial charge >= 0.3 is 0 Å². The molecule has 2 atom stereocenters. The highest BCUT2D eigenvalue weighted by Gasteiger charge is 2.41. The minimum atomic E-state index is 0.266. The lowest BCUT2D eigenvalue weighted by molar-refractivity contribution is -0.880. The normalized spacial score (nSPS) is 18.6. The van der Waals surface area contributed by atoms with E-state index in [1.165, 1.54) is 141 Å². The first-order valence-corrected chi connectivity index (χ1v) is 19.7. The third kappa shape index (κ3) is 27.6. The molecule has 1 unspecified atom stereocenters. The molecule has 1 heterocycles. The molecule has 0 aliphatic carbocycles. The molecule has 1 saturated heterocycles. The first kappa shape index (κ1) is 41.9. The molecular weight excluding hydrogens is 550 g/mol. The second-order valence-corrected chi connectivity index (χ2v) is 14.3. The first-order valence-electron chi connectivity index (χ1n) is 19.7. The van der Waals surface area contributed by atoms with Gasteiger partial charge in [-0.2, -0.15) is 0 Å². The Kier molecular flexibility index (Phi) is 29.2. The number of quaternary nitrogens is 1. The molecule has 45 heavy (non-hydrogen) atoms. The van der Waals surface area contributed by atoms with E-state index in [1.54, 1.807) is 0 Å². The Labute approximate surface area is 282 Å². The zero-order valence-electron chi connectivity index (χ0n) is 30.8. The molecule has 0 N–H and O–H groups in total. The fourth-order valence-corrected chi connectivity index (χ4v) is 6.25. The van der Waals surface area contributed by atoms with E-state index in [9.17, 15) is 0 Å². The summed E-state index contributed by atoms with van der Waals surface area (Å²) >= 11 is 0. The van der Waals surface area contributed by atoms with Crippen molar-refractivity contribution < 1.29 is 14.0 Å². The Morgan fingerprint density at radius 2 is 0.733 bits per heavy atom. The first-order chi connectivity index (χ1) is 22.1. The van der Waals surface area contributed by atoms with Gasteiger partial charge in [0, 0.05) is 13.2 Å². The largest absolute Gasteiger partial charge is 0.369 e. The van der Waals surface area contributed by atoms with Crippen LogP contribution in [0.5, 0.6) is 0 Å². The molecule has 1 fully saturated rings. The number of ether oxygens (including phenoxy) is 2. The van der Waals surface area contributed by atoms with Crippen molar-refractivity contribution in [2.45, 2.75) is 180 Å². The number of allylic oxidation sites excluding steroid dienone is 8. The van der Waals surface area contributed by atoms with Crippen molar-refractivity contribution in [3.05, 3.63) is 48.6 Å². The molecule has 1 aliphatic heterocycles. The van der Waals surface area contributed by atoms with E-state index in [0.717, 1.165) is 43.6 Å². The van der Waals surface area contributed by atoms with Gasteiger partial charge in [-0.15, -0.1) is 0 Å². The standard InChI is InChI=1S/C42H78NO2/c1-5-7-9-11-13-15-17-19-21-23-25-27-29-31-33-35-37-44-41-39-43(3,4)40-42(41)45-38-36-34-32-30-28-26-24-22-20-18-16-14-12-10-8-6-2/h13-16,19-22,41-42H,5-12,17-18,23-40H2,1-4H3/q+1/t41-,42?/m0/s1. The molecule has 1 aliphatic rings. The van der Waals surface area contributed by atoms with Crippen molar-refractivity contribution in [1.82, 2.24) is 0 Å². The van der Waals surface area contributed by atoms with Crippen molar-refractivity contribution in [3.63, 3.8) is 0 Å². The summed E-state index contributed by atoms with van der Waals surface area (Å²) in [6.45, 7) is 8.48. The fourth-order valence-electron chi connectivity index (χ4n) is 6.25. The molecule has 0 bridgehead atoms. The van der Waals surface area contributed by atoms with Crippen molar-refractivity contribution in [1.29, 1.82) is 0 Å². The van der Waals surface area contributed by atoms with Crippen LogP contribution in [0.2, 0.25) is 0 Å². The number of hydrogen-bond acceptors (Lipinski definition) is 2. The number of likely N-dealkylation sites (tertiary alicyclic amines) is 1. The van der Waals surface area contributed by atoms with Crippen molar-refractivity contribution >= 4 is 0 Å². The van der Waals surface area contributed by atoms with Crippen LogP contribution in [0.15, 0.2) is 48.6 Å². The van der Waals surface area contributed by atoms with E-state index in [4.69, 9.17) is 9.47 Å². The summed E-state index contributed by atoms with van der Waals surface area (Å²) in [5, 5.41) is 0. The fraction of sp³-hybridized carbons (Fsp3) is 0.810. The third-order valence-electron chi connectivity index (χ3n) is 9.12. The quantitative estimate of drug-likeness (QED) is 0.0419. The minimum Gasteiger partial charge on any atom is -0.369 e. The molecular formula is C42H78NO2+. The molecule has 0 spiro atoms. The molecule has 0 amide bonds. The molecule has 0 aromatic carbocycles. The minimum absolute atomic E-state index is 0.266. The highest BCUT2D eigenvalue weighted by molar-refractivity contribution is 4.93. The van der Waals surface area contributed by atoms with E-state index >= 15 is 0 Å². The SMILES string of the molecule is CCCCCC=CCC=CCCCCCCCCOC1C[N+](C)(C)C[C@@H]1OCCCCCCCCC=CCC=CCCCCC. The number of unbranched alkanes of at least 4 members (excludes halogenated alkanes) is 18.